The zero-order valence-corrected chi connectivity index (χ0v) is 8.28. The first kappa shape index (κ1) is 9.05. The highest BCUT2D eigenvalue weighted by molar-refractivity contribution is 4.88. The molecule has 0 aromatic rings. The van der Waals surface area contributed by atoms with Crippen molar-refractivity contribution >= 4 is 0 Å². The largest absolute Gasteiger partial charge is 0.316 e. The average Bonchev–Trinajstić information content (AvgIpc) is 1.95. The number of rotatable bonds is 1. The molecule has 0 saturated carbocycles. The van der Waals surface area contributed by atoms with Crippen LogP contribution in [0.3, 0.4) is 0 Å². The minimum Gasteiger partial charge on any atom is -0.316 e. The molecule has 1 heteroatoms. The van der Waals surface area contributed by atoms with Crippen molar-refractivity contribution in [1.82, 2.24) is 5.32 Å². The fourth-order valence-corrected chi connectivity index (χ4v) is 2.01. The van der Waals surface area contributed by atoms with Gasteiger partial charge in [0.15, 0.2) is 0 Å². The third-order valence-electron chi connectivity index (χ3n) is 3.74. The van der Waals surface area contributed by atoms with Crippen molar-refractivity contribution in [1.29, 1.82) is 0 Å². The number of piperidine rings is 1. The van der Waals surface area contributed by atoms with Gasteiger partial charge in [0.2, 0.25) is 0 Å². The van der Waals surface area contributed by atoms with Gasteiger partial charge in [0, 0.05) is 0 Å². The maximum atomic E-state index is 3.44. The summed E-state index contributed by atoms with van der Waals surface area (Å²) in [6.45, 7) is 11.9. The molecule has 1 unspecified atom stereocenters. The Balaban J connectivity index is 2.64. The van der Waals surface area contributed by atoms with Gasteiger partial charge in [-0.3, -0.25) is 0 Å². The first-order valence-corrected chi connectivity index (χ1v) is 4.78. The summed E-state index contributed by atoms with van der Waals surface area (Å²) in [5.41, 5.74) is 0.575. The van der Waals surface area contributed by atoms with E-state index in [0.717, 1.165) is 11.8 Å². The van der Waals surface area contributed by atoms with Crippen LogP contribution < -0.4 is 5.32 Å². The highest BCUT2D eigenvalue weighted by Crippen LogP contribution is 2.39. The standard InChI is InChI=1S/C10H21N/c1-8(2)10(4)5-6-11-7-9(10)3/h8-9,11H,5-7H2,1-4H3/t9?,10-/m0/s1. The van der Waals surface area contributed by atoms with Crippen molar-refractivity contribution in [2.75, 3.05) is 13.1 Å². The summed E-state index contributed by atoms with van der Waals surface area (Å²) in [6.07, 6.45) is 1.34. The van der Waals surface area contributed by atoms with Gasteiger partial charge in [-0.2, -0.15) is 0 Å². The normalized spacial score (nSPS) is 39.5. The molecule has 0 radical (unpaired) electrons. The zero-order chi connectivity index (χ0) is 8.48. The van der Waals surface area contributed by atoms with Crippen LogP contribution in [-0.2, 0) is 0 Å². The fraction of sp³-hybridized carbons (Fsp3) is 1.00. The molecule has 1 nitrogen and oxygen atoms in total. The minimum atomic E-state index is 0.575. The molecular formula is C10H21N. The molecule has 0 spiro atoms. The van der Waals surface area contributed by atoms with E-state index in [1.807, 2.05) is 0 Å². The second-order valence-corrected chi connectivity index (χ2v) is 4.52. The molecule has 11 heavy (non-hydrogen) atoms. The smallest absolute Gasteiger partial charge is 0.00178 e. The van der Waals surface area contributed by atoms with Crippen molar-refractivity contribution in [3.63, 3.8) is 0 Å². The predicted molar refractivity (Wildman–Crippen MR) is 49.6 cm³/mol. The summed E-state index contributed by atoms with van der Waals surface area (Å²) in [7, 11) is 0. The van der Waals surface area contributed by atoms with Gasteiger partial charge in [-0.25, -0.2) is 0 Å². The Morgan fingerprint density at radius 3 is 2.45 bits per heavy atom. The van der Waals surface area contributed by atoms with Crippen molar-refractivity contribution < 1.29 is 0 Å². The lowest BCUT2D eigenvalue weighted by atomic mass is 9.66. The molecule has 1 N–H and O–H groups in total. The van der Waals surface area contributed by atoms with E-state index in [1.54, 1.807) is 0 Å². The molecule has 0 aromatic carbocycles. The lowest BCUT2D eigenvalue weighted by Gasteiger charge is -2.43. The molecule has 0 bridgehead atoms. The van der Waals surface area contributed by atoms with E-state index in [9.17, 15) is 0 Å². The van der Waals surface area contributed by atoms with Gasteiger partial charge in [-0.15, -0.1) is 0 Å². The summed E-state index contributed by atoms with van der Waals surface area (Å²) in [5, 5.41) is 3.44. The Hall–Kier alpha value is -0.0400. The Morgan fingerprint density at radius 2 is 2.09 bits per heavy atom. The van der Waals surface area contributed by atoms with Crippen LogP contribution >= 0.6 is 0 Å². The van der Waals surface area contributed by atoms with E-state index in [-0.39, 0.29) is 0 Å². The molecule has 1 heterocycles. The van der Waals surface area contributed by atoms with Crippen LogP contribution in [0.2, 0.25) is 0 Å². The van der Waals surface area contributed by atoms with E-state index in [4.69, 9.17) is 0 Å². The molecule has 2 atom stereocenters. The molecule has 0 amide bonds. The number of hydrogen-bond donors (Lipinski definition) is 1. The molecule has 0 aliphatic carbocycles. The molecular weight excluding hydrogens is 134 g/mol. The van der Waals surface area contributed by atoms with Gasteiger partial charge in [0.05, 0.1) is 0 Å². The summed E-state index contributed by atoms with van der Waals surface area (Å²) < 4.78 is 0. The number of hydrogen-bond acceptors (Lipinski definition) is 1. The highest BCUT2D eigenvalue weighted by atomic mass is 14.9. The molecule has 0 aromatic heterocycles. The molecule has 66 valence electrons. The third-order valence-corrected chi connectivity index (χ3v) is 3.74. The summed E-state index contributed by atoms with van der Waals surface area (Å²) in [6, 6.07) is 0. The molecule has 1 saturated heterocycles. The molecule has 1 aliphatic rings. The summed E-state index contributed by atoms with van der Waals surface area (Å²) >= 11 is 0. The Labute approximate surface area is 70.6 Å². The first-order valence-electron chi connectivity index (χ1n) is 4.78. The second kappa shape index (κ2) is 3.14. The van der Waals surface area contributed by atoms with Crippen LogP contribution in [-0.4, -0.2) is 13.1 Å². The van der Waals surface area contributed by atoms with Crippen LogP contribution in [0.1, 0.15) is 34.1 Å². The third kappa shape index (κ3) is 1.58. The summed E-state index contributed by atoms with van der Waals surface area (Å²) in [4.78, 5) is 0. The van der Waals surface area contributed by atoms with Crippen molar-refractivity contribution in [3.8, 4) is 0 Å². The van der Waals surface area contributed by atoms with E-state index < -0.39 is 0 Å². The van der Waals surface area contributed by atoms with Crippen LogP contribution in [0.4, 0.5) is 0 Å². The van der Waals surface area contributed by atoms with Crippen LogP contribution in [0, 0.1) is 17.3 Å². The topological polar surface area (TPSA) is 12.0 Å². The van der Waals surface area contributed by atoms with Crippen LogP contribution in [0.5, 0.6) is 0 Å². The fourth-order valence-electron chi connectivity index (χ4n) is 2.01. The maximum absolute atomic E-state index is 3.44. The minimum absolute atomic E-state index is 0.575. The zero-order valence-electron chi connectivity index (χ0n) is 8.28. The summed E-state index contributed by atoms with van der Waals surface area (Å²) in [5.74, 6) is 1.65. The van der Waals surface area contributed by atoms with Gasteiger partial charge < -0.3 is 5.32 Å². The SMILES string of the molecule is CC(C)[C@]1(C)CCNCC1C. The second-order valence-electron chi connectivity index (χ2n) is 4.52. The van der Waals surface area contributed by atoms with Crippen LogP contribution in [0.15, 0.2) is 0 Å². The Kier molecular flexibility index (Phi) is 2.58. The van der Waals surface area contributed by atoms with Gasteiger partial charge in [-0.1, -0.05) is 27.7 Å². The monoisotopic (exact) mass is 155 g/mol. The molecule has 1 rings (SSSR count). The van der Waals surface area contributed by atoms with Crippen molar-refractivity contribution in [2.24, 2.45) is 17.3 Å². The van der Waals surface area contributed by atoms with Crippen molar-refractivity contribution in [3.05, 3.63) is 0 Å². The highest BCUT2D eigenvalue weighted by Gasteiger charge is 2.35. The van der Waals surface area contributed by atoms with Gasteiger partial charge in [0.25, 0.3) is 0 Å². The van der Waals surface area contributed by atoms with Crippen molar-refractivity contribution in [2.45, 2.75) is 34.1 Å². The lowest BCUT2D eigenvalue weighted by molar-refractivity contribution is 0.0845. The number of nitrogens with one attached hydrogen (secondary N) is 1. The first-order chi connectivity index (χ1) is 5.07. The molecule has 1 aliphatic heterocycles. The molecule has 1 fully saturated rings. The van der Waals surface area contributed by atoms with E-state index >= 15 is 0 Å². The average molecular weight is 155 g/mol. The predicted octanol–water partition coefficient (Wildman–Crippen LogP) is 2.28. The Bertz CT molecular complexity index is 131. The lowest BCUT2D eigenvalue weighted by Crippen LogP contribution is -2.44. The van der Waals surface area contributed by atoms with E-state index in [2.05, 4.69) is 33.0 Å². The van der Waals surface area contributed by atoms with Gasteiger partial charge >= 0.3 is 0 Å². The van der Waals surface area contributed by atoms with E-state index in [0.29, 0.717) is 5.41 Å². The van der Waals surface area contributed by atoms with Gasteiger partial charge in [0.1, 0.15) is 0 Å². The quantitative estimate of drug-likeness (QED) is 0.612. The van der Waals surface area contributed by atoms with E-state index in [1.165, 1.54) is 19.5 Å². The Morgan fingerprint density at radius 1 is 1.45 bits per heavy atom. The van der Waals surface area contributed by atoms with Gasteiger partial charge in [-0.05, 0) is 36.8 Å². The maximum Gasteiger partial charge on any atom is -0.00178 e. The van der Waals surface area contributed by atoms with Crippen LogP contribution in [0.25, 0.3) is 0 Å².